The minimum Gasteiger partial charge on any atom is -0.350 e. The Labute approximate surface area is 154 Å². The summed E-state index contributed by atoms with van der Waals surface area (Å²) in [5.41, 5.74) is -2.31. The monoisotopic (exact) mass is 386 g/mol. The Balaban J connectivity index is 2.28. The molecule has 1 aromatic carbocycles. The van der Waals surface area contributed by atoms with E-state index in [1.165, 1.54) is 12.1 Å². The number of nitrogens with zero attached hydrogens (tertiary/aromatic N) is 3. The Morgan fingerprint density at radius 3 is 2.63 bits per heavy atom. The lowest BCUT2D eigenvalue weighted by molar-refractivity contribution is -0.143. The van der Waals surface area contributed by atoms with Crippen molar-refractivity contribution in [3.8, 4) is 5.69 Å². The maximum atomic E-state index is 13.5. The van der Waals surface area contributed by atoms with Crippen LogP contribution in [0.3, 0.4) is 0 Å². The van der Waals surface area contributed by atoms with Crippen LogP contribution in [0.5, 0.6) is 0 Å². The van der Waals surface area contributed by atoms with Crippen molar-refractivity contribution in [2.45, 2.75) is 45.7 Å². The summed E-state index contributed by atoms with van der Waals surface area (Å²) in [6, 6.07) is 4.50. The molecule has 0 fully saturated rings. The van der Waals surface area contributed by atoms with Crippen molar-refractivity contribution in [2.24, 2.45) is 5.92 Å². The molecule has 1 heterocycles. The van der Waals surface area contributed by atoms with Gasteiger partial charge in [0, 0.05) is 6.54 Å². The van der Waals surface area contributed by atoms with Gasteiger partial charge in [0.2, 0.25) is 0 Å². The van der Waals surface area contributed by atoms with Gasteiger partial charge in [-0.15, -0.1) is 5.10 Å². The number of alkyl halides is 3. The zero-order chi connectivity index (χ0) is 20.0. The molecule has 27 heavy (non-hydrogen) atoms. The fraction of sp³-hybridized carbons (Fsp3) is 0.500. The summed E-state index contributed by atoms with van der Waals surface area (Å²) >= 11 is 0. The third-order valence-corrected chi connectivity index (χ3v) is 4.30. The van der Waals surface area contributed by atoms with E-state index in [0.717, 1.165) is 37.8 Å². The maximum Gasteiger partial charge on any atom is 0.435 e. The summed E-state index contributed by atoms with van der Waals surface area (Å²) in [6.45, 7) is 4.28. The number of rotatable bonds is 8. The average Bonchev–Trinajstić information content (AvgIpc) is 3.07. The number of aromatic nitrogens is 3. The van der Waals surface area contributed by atoms with E-state index in [1.54, 1.807) is 0 Å². The quantitative estimate of drug-likeness (QED) is 0.686. The van der Waals surface area contributed by atoms with E-state index in [0.29, 0.717) is 4.68 Å². The van der Waals surface area contributed by atoms with Crippen LogP contribution in [0.15, 0.2) is 24.3 Å². The first kappa shape index (κ1) is 20.9. The lowest BCUT2D eigenvalue weighted by atomic mass is 9.99. The van der Waals surface area contributed by atoms with Gasteiger partial charge in [-0.1, -0.05) is 44.4 Å². The number of hydrogen-bond acceptors (Lipinski definition) is 3. The lowest BCUT2D eigenvalue weighted by Crippen LogP contribution is -2.31. The summed E-state index contributed by atoms with van der Waals surface area (Å²) in [4.78, 5) is 12.3. The van der Waals surface area contributed by atoms with Crippen molar-refractivity contribution in [2.75, 3.05) is 6.54 Å². The molecule has 2 rings (SSSR count). The Morgan fingerprint density at radius 2 is 2.04 bits per heavy atom. The minimum atomic E-state index is -4.88. The normalized spacial score (nSPS) is 12.8. The first-order valence-corrected chi connectivity index (χ1v) is 8.84. The maximum absolute atomic E-state index is 13.5. The molecule has 148 valence electrons. The second-order valence-corrected chi connectivity index (χ2v) is 6.30. The fourth-order valence-electron chi connectivity index (χ4n) is 2.74. The molecule has 0 spiro atoms. The molecule has 2 aromatic rings. The number of nitrogens with one attached hydrogen (secondary N) is 1. The van der Waals surface area contributed by atoms with E-state index >= 15 is 0 Å². The van der Waals surface area contributed by atoms with Gasteiger partial charge in [-0.2, -0.15) is 13.2 Å². The molecule has 0 aliphatic carbocycles. The zero-order valence-electron chi connectivity index (χ0n) is 15.2. The van der Waals surface area contributed by atoms with Gasteiger partial charge >= 0.3 is 6.18 Å². The molecule has 1 N–H and O–H groups in total. The van der Waals surface area contributed by atoms with Crippen molar-refractivity contribution in [1.82, 2.24) is 20.3 Å². The van der Waals surface area contributed by atoms with Gasteiger partial charge in [0.25, 0.3) is 5.91 Å². The second kappa shape index (κ2) is 8.96. The number of carbonyl (C=O) groups is 1. The summed E-state index contributed by atoms with van der Waals surface area (Å²) in [5.74, 6) is -1.48. The standard InChI is InChI=1S/C18H22F4N4O/c1-3-5-7-12(4-2)11-23-17(27)15-16(18(20,21)22)26(25-24-15)14-9-6-8-13(19)10-14/h6,8-10,12H,3-5,7,11H2,1-2H3,(H,23,27). The van der Waals surface area contributed by atoms with Gasteiger partial charge in [0.1, 0.15) is 5.82 Å². The average molecular weight is 386 g/mol. The van der Waals surface area contributed by atoms with Crippen molar-refractivity contribution in [3.05, 3.63) is 41.5 Å². The molecular formula is C18H22F4N4O. The van der Waals surface area contributed by atoms with Crippen LogP contribution < -0.4 is 5.32 Å². The molecule has 0 bridgehead atoms. The molecule has 1 amide bonds. The third-order valence-electron chi connectivity index (χ3n) is 4.30. The minimum absolute atomic E-state index is 0.164. The van der Waals surface area contributed by atoms with Crippen LogP contribution in [-0.2, 0) is 6.18 Å². The summed E-state index contributed by atoms with van der Waals surface area (Å²) < 4.78 is 54.4. The van der Waals surface area contributed by atoms with Gasteiger partial charge in [0.15, 0.2) is 11.4 Å². The largest absolute Gasteiger partial charge is 0.435 e. The SMILES string of the molecule is CCCCC(CC)CNC(=O)c1nnn(-c2cccc(F)c2)c1C(F)(F)F. The van der Waals surface area contributed by atoms with Crippen LogP contribution in [0.4, 0.5) is 17.6 Å². The Bertz CT molecular complexity index is 773. The van der Waals surface area contributed by atoms with Crippen LogP contribution >= 0.6 is 0 Å². The number of benzene rings is 1. The number of hydrogen-bond donors (Lipinski definition) is 1. The number of unbranched alkanes of at least 4 members (excludes halogenated alkanes) is 1. The van der Waals surface area contributed by atoms with E-state index in [1.807, 2.05) is 13.8 Å². The molecule has 0 aliphatic rings. The number of halogens is 4. The molecule has 0 radical (unpaired) electrons. The Hall–Kier alpha value is -2.45. The highest BCUT2D eigenvalue weighted by Gasteiger charge is 2.42. The van der Waals surface area contributed by atoms with Crippen molar-refractivity contribution in [3.63, 3.8) is 0 Å². The van der Waals surface area contributed by atoms with Crippen LogP contribution in [-0.4, -0.2) is 27.4 Å². The van der Waals surface area contributed by atoms with Crippen molar-refractivity contribution >= 4 is 5.91 Å². The molecule has 9 heteroatoms. The van der Waals surface area contributed by atoms with E-state index in [2.05, 4.69) is 15.6 Å². The van der Waals surface area contributed by atoms with Crippen LogP contribution in [0, 0.1) is 11.7 Å². The van der Waals surface area contributed by atoms with Crippen LogP contribution in [0.2, 0.25) is 0 Å². The number of amides is 1. The smallest absolute Gasteiger partial charge is 0.350 e. The molecule has 1 unspecified atom stereocenters. The Kier molecular flexibility index (Phi) is 6.92. The van der Waals surface area contributed by atoms with Gasteiger partial charge in [-0.25, -0.2) is 9.07 Å². The predicted octanol–water partition coefficient (Wildman–Crippen LogP) is 4.37. The van der Waals surface area contributed by atoms with Crippen LogP contribution in [0.1, 0.15) is 55.7 Å². The summed E-state index contributed by atoms with van der Waals surface area (Å²) in [6.07, 6.45) is -1.20. The molecule has 1 atom stereocenters. The number of carbonyl (C=O) groups excluding carboxylic acids is 1. The molecule has 1 aromatic heterocycles. The predicted molar refractivity (Wildman–Crippen MR) is 92.0 cm³/mol. The van der Waals surface area contributed by atoms with Crippen LogP contribution in [0.25, 0.3) is 5.69 Å². The Morgan fingerprint density at radius 1 is 1.30 bits per heavy atom. The summed E-state index contributed by atoms with van der Waals surface area (Å²) in [7, 11) is 0. The highest BCUT2D eigenvalue weighted by molar-refractivity contribution is 5.93. The van der Waals surface area contributed by atoms with Gasteiger partial charge in [-0.3, -0.25) is 4.79 Å². The molecule has 5 nitrogen and oxygen atoms in total. The van der Waals surface area contributed by atoms with Crippen molar-refractivity contribution < 1.29 is 22.4 Å². The third kappa shape index (κ3) is 5.27. The van der Waals surface area contributed by atoms with Gasteiger partial charge in [0.05, 0.1) is 5.69 Å². The zero-order valence-corrected chi connectivity index (χ0v) is 15.2. The van der Waals surface area contributed by atoms with E-state index < -0.39 is 29.3 Å². The molecule has 0 aliphatic heterocycles. The molecule has 0 saturated heterocycles. The lowest BCUT2D eigenvalue weighted by Gasteiger charge is -2.15. The summed E-state index contributed by atoms with van der Waals surface area (Å²) in [5, 5.41) is 9.36. The first-order chi connectivity index (χ1) is 12.8. The molecular weight excluding hydrogens is 364 g/mol. The van der Waals surface area contributed by atoms with E-state index in [4.69, 9.17) is 0 Å². The van der Waals surface area contributed by atoms with E-state index in [9.17, 15) is 22.4 Å². The second-order valence-electron chi connectivity index (χ2n) is 6.30. The topological polar surface area (TPSA) is 59.8 Å². The first-order valence-electron chi connectivity index (χ1n) is 8.84. The van der Waals surface area contributed by atoms with Gasteiger partial charge in [-0.05, 0) is 30.5 Å². The van der Waals surface area contributed by atoms with Gasteiger partial charge < -0.3 is 5.32 Å². The molecule has 0 saturated carbocycles. The van der Waals surface area contributed by atoms with Crippen molar-refractivity contribution in [1.29, 1.82) is 0 Å². The van der Waals surface area contributed by atoms with E-state index in [-0.39, 0.29) is 18.2 Å². The highest BCUT2D eigenvalue weighted by Crippen LogP contribution is 2.32. The fourth-order valence-corrected chi connectivity index (χ4v) is 2.74. The highest BCUT2D eigenvalue weighted by atomic mass is 19.4.